The number of carbonyl (C=O) groups is 1. The molecule has 202 valence electrons. The van der Waals surface area contributed by atoms with Crippen LogP contribution in [0, 0.1) is 11.8 Å². The molecule has 0 bridgehead atoms. The van der Waals surface area contributed by atoms with Crippen molar-refractivity contribution in [3.63, 3.8) is 0 Å². The van der Waals surface area contributed by atoms with Crippen molar-refractivity contribution >= 4 is 30.7 Å². The normalized spacial score (nSPS) is 14.6. The van der Waals surface area contributed by atoms with Gasteiger partial charge < -0.3 is 13.6 Å². The topological polar surface area (TPSA) is 44.8 Å². The molecule has 0 fully saturated rings. The Bertz CT molecular complexity index is 590. The van der Waals surface area contributed by atoms with E-state index in [1.807, 2.05) is 0 Å². The molecule has 0 saturated heterocycles. The van der Waals surface area contributed by atoms with Crippen LogP contribution in [-0.4, -0.2) is 50.5 Å². The van der Waals surface area contributed by atoms with Gasteiger partial charge in [0.05, 0.1) is 6.61 Å². The number of ether oxygens (including phenoxy) is 2. The van der Waals surface area contributed by atoms with Crippen LogP contribution < -0.4 is 0 Å². The average Bonchev–Trinajstić information content (AvgIpc) is 2.68. The van der Waals surface area contributed by atoms with E-state index >= 15 is 0 Å². The van der Waals surface area contributed by atoms with Crippen molar-refractivity contribution in [2.24, 2.45) is 11.8 Å². The Labute approximate surface area is 215 Å². The highest BCUT2D eigenvalue weighted by atomic mass is 28.4. The number of unbranched alkanes of at least 4 members (excludes halogenated alkanes) is 1. The second kappa shape index (κ2) is 16.5. The van der Waals surface area contributed by atoms with Gasteiger partial charge in [-0.05, 0) is 75.9 Å². The van der Waals surface area contributed by atoms with Crippen molar-refractivity contribution in [3.05, 3.63) is 12.2 Å². The average molecular weight is 531 g/mol. The molecule has 7 heteroatoms. The summed E-state index contributed by atoms with van der Waals surface area (Å²) in [6, 6.07) is 2.63. The summed E-state index contributed by atoms with van der Waals surface area (Å²) < 4.78 is 18.2. The molecule has 0 spiro atoms. The first-order chi connectivity index (χ1) is 15.6. The Morgan fingerprint density at radius 2 is 1.44 bits per heavy atom. The number of hydrogen-bond donors (Lipinski definition) is 0. The molecule has 0 rings (SSSR count). The summed E-state index contributed by atoms with van der Waals surface area (Å²) in [5.41, 5.74) is 1.86. The number of rotatable bonds is 20. The van der Waals surface area contributed by atoms with Gasteiger partial charge >= 0.3 is 5.97 Å². The van der Waals surface area contributed by atoms with Crippen LogP contribution in [0.5, 0.6) is 0 Å². The minimum Gasteiger partial charge on any atom is -0.462 e. The minimum absolute atomic E-state index is 0.283. The summed E-state index contributed by atoms with van der Waals surface area (Å²) in [5, 5.41) is 0. The van der Waals surface area contributed by atoms with Crippen LogP contribution in [0.15, 0.2) is 12.2 Å². The predicted octanol–water partition coefficient (Wildman–Crippen LogP) is 8.43. The van der Waals surface area contributed by atoms with Crippen LogP contribution in [0.25, 0.3) is 0 Å². The molecule has 2 atom stereocenters. The lowest BCUT2D eigenvalue weighted by Crippen LogP contribution is -2.49. The molecule has 0 N–H and O–H groups in total. The minimum atomic E-state index is -1.64. The SMILES string of the molecule is C=C(C)C(=O)OCC(C)CCCC(C)COCCC[Si](C)(C)O[Si](C)(C)C[Si](C)(C)CCCC. The van der Waals surface area contributed by atoms with Gasteiger partial charge in [0.15, 0.2) is 16.6 Å². The van der Waals surface area contributed by atoms with E-state index in [1.165, 1.54) is 30.6 Å². The van der Waals surface area contributed by atoms with Crippen molar-refractivity contribution < 1.29 is 18.4 Å². The summed E-state index contributed by atoms with van der Waals surface area (Å²) in [6.07, 6.45) is 7.16. The molecule has 0 aromatic carbocycles. The van der Waals surface area contributed by atoms with Crippen LogP contribution >= 0.6 is 0 Å². The molecule has 4 nitrogen and oxygen atoms in total. The molecule has 0 aliphatic carbocycles. The van der Waals surface area contributed by atoms with Crippen molar-refractivity contribution in [3.8, 4) is 0 Å². The van der Waals surface area contributed by atoms with Gasteiger partial charge in [0.1, 0.15) is 0 Å². The second-order valence-electron chi connectivity index (χ2n) is 12.8. The third-order valence-electron chi connectivity index (χ3n) is 6.38. The van der Waals surface area contributed by atoms with Crippen molar-refractivity contribution in [1.82, 2.24) is 0 Å². The maximum Gasteiger partial charge on any atom is 0.333 e. The molecule has 0 aromatic heterocycles. The van der Waals surface area contributed by atoms with E-state index in [2.05, 4.69) is 66.6 Å². The van der Waals surface area contributed by atoms with Gasteiger partial charge in [-0.3, -0.25) is 0 Å². The molecule has 0 saturated carbocycles. The maximum absolute atomic E-state index is 11.5. The Kier molecular flexibility index (Phi) is 16.4. The lowest BCUT2D eigenvalue weighted by molar-refractivity contribution is -0.140. The van der Waals surface area contributed by atoms with Gasteiger partial charge in [0, 0.05) is 26.9 Å². The summed E-state index contributed by atoms with van der Waals surface area (Å²) in [6.45, 7) is 29.0. The number of hydrogen-bond acceptors (Lipinski definition) is 4. The summed E-state index contributed by atoms with van der Waals surface area (Å²) in [7, 11) is -4.38. The monoisotopic (exact) mass is 530 g/mol. The quantitative estimate of drug-likeness (QED) is 0.0685. The Balaban J connectivity index is 4.07. The Morgan fingerprint density at radius 1 is 0.853 bits per heavy atom. The van der Waals surface area contributed by atoms with Gasteiger partial charge in [-0.2, -0.15) is 0 Å². The molecule has 0 radical (unpaired) electrons. The van der Waals surface area contributed by atoms with Crippen LogP contribution in [0.3, 0.4) is 0 Å². The summed E-state index contributed by atoms with van der Waals surface area (Å²) in [5.74, 6) is 0.665. The molecule has 0 aliphatic rings. The van der Waals surface area contributed by atoms with Gasteiger partial charge in [-0.15, -0.1) is 0 Å². The van der Waals surface area contributed by atoms with E-state index in [4.69, 9.17) is 13.6 Å². The van der Waals surface area contributed by atoms with Crippen LogP contribution in [0.2, 0.25) is 57.0 Å². The third kappa shape index (κ3) is 18.1. The molecular formula is C27H58O4Si3. The Morgan fingerprint density at radius 3 is 2.00 bits per heavy atom. The molecule has 0 amide bonds. The molecule has 34 heavy (non-hydrogen) atoms. The fourth-order valence-corrected chi connectivity index (χ4v) is 24.5. The van der Waals surface area contributed by atoms with Gasteiger partial charge in [0.25, 0.3) is 0 Å². The highest BCUT2D eigenvalue weighted by Crippen LogP contribution is 2.29. The zero-order chi connectivity index (χ0) is 26.4. The number of esters is 1. The van der Waals surface area contributed by atoms with E-state index in [0.29, 0.717) is 24.0 Å². The van der Waals surface area contributed by atoms with Crippen LogP contribution in [-0.2, 0) is 18.4 Å². The van der Waals surface area contributed by atoms with E-state index in [0.717, 1.165) is 38.9 Å². The van der Waals surface area contributed by atoms with E-state index in [9.17, 15) is 4.79 Å². The predicted molar refractivity (Wildman–Crippen MR) is 156 cm³/mol. The fraction of sp³-hybridized carbons (Fsp3) is 0.889. The molecule has 0 aliphatic heterocycles. The molecule has 2 unspecified atom stereocenters. The highest BCUT2D eigenvalue weighted by molar-refractivity contribution is 6.96. The largest absolute Gasteiger partial charge is 0.462 e. The van der Waals surface area contributed by atoms with Crippen LogP contribution in [0.1, 0.15) is 66.2 Å². The standard InChI is InChI=1S/C27H58O4Si3/c1-12-13-19-32(6,7)23-34(10,11)31-33(8,9)20-15-18-29-21-25(4)16-14-17-26(5)22-30-27(28)24(2)3/h25-26H,2,12-23H2,1,3-11H3. The zero-order valence-electron chi connectivity index (χ0n) is 24.5. The first-order valence-corrected chi connectivity index (χ1v) is 23.3. The molecule has 0 heterocycles. The second-order valence-corrected chi connectivity index (χ2v) is 27.4. The third-order valence-corrected chi connectivity index (χ3v) is 21.3. The molecular weight excluding hydrogens is 473 g/mol. The maximum atomic E-state index is 11.5. The Hall–Kier alpha value is -0.219. The van der Waals surface area contributed by atoms with Gasteiger partial charge in [-0.1, -0.05) is 65.8 Å². The van der Waals surface area contributed by atoms with E-state index in [1.54, 1.807) is 6.92 Å². The summed E-state index contributed by atoms with van der Waals surface area (Å²) in [4.78, 5) is 11.5. The lowest BCUT2D eigenvalue weighted by Gasteiger charge is -2.38. The first-order valence-electron chi connectivity index (χ1n) is 13.7. The fourth-order valence-electron chi connectivity index (χ4n) is 4.94. The van der Waals surface area contributed by atoms with E-state index < -0.39 is 24.7 Å². The van der Waals surface area contributed by atoms with E-state index in [-0.39, 0.29) is 5.97 Å². The van der Waals surface area contributed by atoms with Gasteiger partial charge in [-0.25, -0.2) is 4.79 Å². The summed E-state index contributed by atoms with van der Waals surface area (Å²) >= 11 is 0. The highest BCUT2D eigenvalue weighted by Gasteiger charge is 2.37. The van der Waals surface area contributed by atoms with Crippen LogP contribution in [0.4, 0.5) is 0 Å². The van der Waals surface area contributed by atoms with Crippen molar-refractivity contribution in [2.45, 2.75) is 123 Å². The molecule has 0 aromatic rings. The number of carbonyl (C=O) groups excluding carboxylic acids is 1. The first kappa shape index (κ1) is 33.8. The van der Waals surface area contributed by atoms with Gasteiger partial charge in [0.2, 0.25) is 0 Å². The van der Waals surface area contributed by atoms with Crippen molar-refractivity contribution in [1.29, 1.82) is 0 Å². The smallest absolute Gasteiger partial charge is 0.333 e. The zero-order valence-corrected chi connectivity index (χ0v) is 27.5. The lowest BCUT2D eigenvalue weighted by atomic mass is 9.99. The van der Waals surface area contributed by atoms with Crippen molar-refractivity contribution in [2.75, 3.05) is 19.8 Å².